The number of anilines is 3. The summed E-state index contributed by atoms with van der Waals surface area (Å²) in [6.07, 6.45) is 1.58. The number of nitrogens with one attached hydrogen (secondary N) is 2. The highest BCUT2D eigenvalue weighted by molar-refractivity contribution is 7.93. The van der Waals surface area contributed by atoms with Crippen LogP contribution >= 0.6 is 0 Å². The molecule has 35 heavy (non-hydrogen) atoms. The van der Waals surface area contributed by atoms with E-state index in [4.69, 9.17) is 0 Å². The molecule has 0 atom stereocenters. The molecule has 0 bridgehead atoms. The Hall–Kier alpha value is -4.31. The molecule has 9 nitrogen and oxygen atoms in total. The topological polar surface area (TPSA) is 115 Å². The second-order valence-corrected chi connectivity index (χ2v) is 9.77. The van der Waals surface area contributed by atoms with Gasteiger partial charge in [-0.25, -0.2) is 13.1 Å². The largest absolute Gasteiger partial charge is 0.339 e. The lowest BCUT2D eigenvalue weighted by molar-refractivity contribution is 0.602. The van der Waals surface area contributed by atoms with Gasteiger partial charge in [-0.05, 0) is 74.9 Å². The zero-order valence-electron chi connectivity index (χ0n) is 19.4. The maximum Gasteiger partial charge on any atom is 0.264 e. The molecule has 2 N–H and O–H groups in total. The molecule has 0 aliphatic rings. The van der Waals surface area contributed by atoms with Crippen molar-refractivity contribution in [2.45, 2.75) is 25.7 Å². The number of fused-ring (bicyclic) bond motifs is 1. The molecular formula is C25H23N7O2S. The van der Waals surface area contributed by atoms with Crippen LogP contribution in [0.2, 0.25) is 0 Å². The summed E-state index contributed by atoms with van der Waals surface area (Å²) in [4.78, 5) is 4.37. The average Bonchev–Trinajstić information content (AvgIpc) is 3.12. The van der Waals surface area contributed by atoms with E-state index in [1.165, 1.54) is 0 Å². The first-order valence-corrected chi connectivity index (χ1v) is 12.4. The zero-order valence-corrected chi connectivity index (χ0v) is 20.2. The molecule has 0 amide bonds. The van der Waals surface area contributed by atoms with Crippen molar-refractivity contribution < 1.29 is 8.42 Å². The van der Waals surface area contributed by atoms with E-state index in [0.717, 1.165) is 28.0 Å². The molecule has 0 saturated heterocycles. The smallest absolute Gasteiger partial charge is 0.264 e. The molecule has 5 rings (SSSR count). The molecule has 5 aromatic rings. The third kappa shape index (κ3) is 4.43. The van der Waals surface area contributed by atoms with Gasteiger partial charge in [0, 0.05) is 28.7 Å². The van der Waals surface area contributed by atoms with Gasteiger partial charge >= 0.3 is 0 Å². The quantitative estimate of drug-likeness (QED) is 0.359. The summed E-state index contributed by atoms with van der Waals surface area (Å²) in [5, 5.41) is 16.9. The fraction of sp³-hybridized carbons (Fsp3) is 0.120. The molecule has 176 valence electrons. The van der Waals surface area contributed by atoms with Crippen molar-refractivity contribution in [1.29, 1.82) is 0 Å². The first kappa shape index (κ1) is 22.5. The maximum absolute atomic E-state index is 13.0. The van der Waals surface area contributed by atoms with Crippen molar-refractivity contribution in [2.75, 3.05) is 10.0 Å². The molecule has 3 aromatic heterocycles. The molecule has 0 fully saturated rings. The Morgan fingerprint density at radius 3 is 2.26 bits per heavy atom. The van der Waals surface area contributed by atoms with Gasteiger partial charge in [0.2, 0.25) is 0 Å². The molecule has 3 heterocycles. The van der Waals surface area contributed by atoms with Crippen molar-refractivity contribution in [3.63, 3.8) is 0 Å². The SMILES string of the molecule is Cc1nn(-c2ccc(Nc3ccc(NS(=O)(=O)c4cccc5cccnc45)cc3)nn2)c(C)c1C. The highest BCUT2D eigenvalue weighted by Gasteiger charge is 2.18. The van der Waals surface area contributed by atoms with E-state index < -0.39 is 10.0 Å². The number of benzene rings is 2. The summed E-state index contributed by atoms with van der Waals surface area (Å²) in [6, 6.07) is 19.2. The molecule has 0 spiro atoms. The van der Waals surface area contributed by atoms with Crippen molar-refractivity contribution >= 4 is 38.1 Å². The molecular weight excluding hydrogens is 462 g/mol. The van der Waals surface area contributed by atoms with Crippen LogP contribution in [0.1, 0.15) is 17.0 Å². The molecule has 0 saturated carbocycles. The molecule has 0 aliphatic carbocycles. The lowest BCUT2D eigenvalue weighted by Crippen LogP contribution is -2.13. The molecule has 0 unspecified atom stereocenters. The second-order valence-electron chi connectivity index (χ2n) is 8.12. The highest BCUT2D eigenvalue weighted by atomic mass is 32.2. The number of para-hydroxylation sites is 1. The van der Waals surface area contributed by atoms with Gasteiger partial charge in [-0.2, -0.15) is 5.10 Å². The number of hydrogen-bond acceptors (Lipinski definition) is 7. The van der Waals surface area contributed by atoms with E-state index in [2.05, 4.69) is 30.3 Å². The van der Waals surface area contributed by atoms with E-state index in [1.54, 1.807) is 53.3 Å². The summed E-state index contributed by atoms with van der Waals surface area (Å²) >= 11 is 0. The van der Waals surface area contributed by atoms with E-state index in [0.29, 0.717) is 22.8 Å². The lowest BCUT2D eigenvalue weighted by Gasteiger charge is -2.11. The van der Waals surface area contributed by atoms with Crippen molar-refractivity contribution in [1.82, 2.24) is 25.0 Å². The first-order chi connectivity index (χ1) is 16.8. The van der Waals surface area contributed by atoms with Crippen molar-refractivity contribution in [3.8, 4) is 5.82 Å². The van der Waals surface area contributed by atoms with Gasteiger partial charge in [0.25, 0.3) is 10.0 Å². The Balaban J connectivity index is 1.30. The van der Waals surface area contributed by atoms with Crippen LogP contribution in [0.15, 0.2) is 77.8 Å². The first-order valence-electron chi connectivity index (χ1n) is 10.9. The Bertz CT molecular complexity index is 1620. The summed E-state index contributed by atoms with van der Waals surface area (Å²) in [7, 11) is -3.81. The fourth-order valence-electron chi connectivity index (χ4n) is 3.72. The standard InChI is InChI=1S/C25H23N7O2S/c1-16-17(2)30-32(18(16)3)24-14-13-23(28-29-24)27-20-9-11-21(12-10-20)31-35(33,34)22-8-4-6-19-7-5-15-26-25(19)22/h4-15,31H,1-3H3,(H,27,28). The van der Waals surface area contributed by atoms with Crippen LogP contribution in [0.5, 0.6) is 0 Å². The summed E-state index contributed by atoms with van der Waals surface area (Å²) in [5.74, 6) is 1.19. The molecule has 10 heteroatoms. The van der Waals surface area contributed by atoms with Crippen molar-refractivity contribution in [3.05, 3.63) is 89.9 Å². The Morgan fingerprint density at radius 1 is 0.829 bits per heavy atom. The lowest BCUT2D eigenvalue weighted by atomic mass is 10.2. The predicted octanol–water partition coefficient (Wildman–Crippen LogP) is 4.68. The monoisotopic (exact) mass is 485 g/mol. The van der Waals surface area contributed by atoms with Gasteiger partial charge in [-0.1, -0.05) is 18.2 Å². The average molecular weight is 486 g/mol. The van der Waals surface area contributed by atoms with Crippen LogP contribution in [0.3, 0.4) is 0 Å². The number of hydrogen-bond donors (Lipinski definition) is 2. The molecule has 0 radical (unpaired) electrons. The van der Waals surface area contributed by atoms with Gasteiger partial charge < -0.3 is 5.32 Å². The van der Waals surface area contributed by atoms with Gasteiger partial charge in [0.05, 0.1) is 11.2 Å². The van der Waals surface area contributed by atoms with E-state index >= 15 is 0 Å². The minimum atomic E-state index is -3.81. The van der Waals surface area contributed by atoms with Crippen LogP contribution in [0.25, 0.3) is 16.7 Å². The number of sulfonamides is 1. The number of nitrogens with zero attached hydrogens (tertiary/aromatic N) is 5. The predicted molar refractivity (Wildman–Crippen MR) is 136 cm³/mol. The van der Waals surface area contributed by atoms with Crippen LogP contribution in [-0.2, 0) is 10.0 Å². The number of aryl methyl sites for hydroxylation is 1. The summed E-state index contributed by atoms with van der Waals surface area (Å²) in [6.45, 7) is 5.99. The van der Waals surface area contributed by atoms with E-state index in [-0.39, 0.29) is 4.90 Å². The zero-order chi connectivity index (χ0) is 24.6. The molecule has 0 aliphatic heterocycles. The van der Waals surface area contributed by atoms with Crippen LogP contribution < -0.4 is 10.0 Å². The number of rotatable bonds is 6. The minimum Gasteiger partial charge on any atom is -0.339 e. The highest BCUT2D eigenvalue weighted by Crippen LogP contribution is 2.25. The van der Waals surface area contributed by atoms with Crippen molar-refractivity contribution in [2.24, 2.45) is 0 Å². The van der Waals surface area contributed by atoms with Gasteiger partial charge in [0.15, 0.2) is 11.6 Å². The van der Waals surface area contributed by atoms with Crippen LogP contribution in [0, 0.1) is 20.8 Å². The third-order valence-corrected chi connectivity index (χ3v) is 7.23. The van der Waals surface area contributed by atoms with Gasteiger partial charge in [-0.15, -0.1) is 10.2 Å². The minimum absolute atomic E-state index is 0.131. The Labute approximate surface area is 202 Å². The molecule has 2 aromatic carbocycles. The van der Waals surface area contributed by atoms with E-state index in [9.17, 15) is 8.42 Å². The Morgan fingerprint density at radius 2 is 1.57 bits per heavy atom. The van der Waals surface area contributed by atoms with Gasteiger partial charge in [-0.3, -0.25) is 9.71 Å². The second kappa shape index (κ2) is 8.80. The number of pyridine rings is 1. The summed E-state index contributed by atoms with van der Waals surface area (Å²) in [5.41, 5.74) is 4.71. The van der Waals surface area contributed by atoms with E-state index in [1.807, 2.05) is 45.0 Å². The maximum atomic E-state index is 13.0. The summed E-state index contributed by atoms with van der Waals surface area (Å²) < 4.78 is 30.4. The Kier molecular flexibility index (Phi) is 5.65. The normalized spacial score (nSPS) is 11.5. The van der Waals surface area contributed by atoms with Crippen LogP contribution in [-0.4, -0.2) is 33.4 Å². The third-order valence-electron chi connectivity index (χ3n) is 5.82. The van der Waals surface area contributed by atoms with Crippen LogP contribution in [0.4, 0.5) is 17.2 Å². The van der Waals surface area contributed by atoms with Gasteiger partial charge in [0.1, 0.15) is 4.90 Å². The fourth-order valence-corrected chi connectivity index (χ4v) is 4.96. The number of aromatic nitrogens is 5.